The molecule has 1 atom stereocenters. The number of nitriles is 1. The topological polar surface area (TPSA) is 113 Å². The molecular weight excluding hydrogens is 619 g/mol. The van der Waals surface area contributed by atoms with Crippen LogP contribution in [0.2, 0.25) is 0 Å². The zero-order chi connectivity index (χ0) is 30.3. The molecule has 0 fully saturated rings. The number of allylic oxidation sites excluding steroid dienone is 1. The Morgan fingerprint density at radius 1 is 0.953 bits per heavy atom. The van der Waals surface area contributed by atoms with Crippen LogP contribution in [0.5, 0.6) is 28.7 Å². The zero-order valence-electron chi connectivity index (χ0n) is 23.0. The summed E-state index contributed by atoms with van der Waals surface area (Å²) in [6, 6.07) is 25.5. The fourth-order valence-electron chi connectivity index (χ4n) is 4.51. The molecule has 1 heterocycles. The Morgan fingerprint density at radius 2 is 1.70 bits per heavy atom. The Labute approximate surface area is 256 Å². The quantitative estimate of drug-likeness (QED) is 0.149. The maximum atomic E-state index is 13.3. The second-order valence-corrected chi connectivity index (χ2v) is 10.3. The Balaban J connectivity index is 1.36. The lowest BCUT2D eigenvalue weighted by Crippen LogP contribution is -2.22. The first-order valence-corrected chi connectivity index (χ1v) is 14.1. The van der Waals surface area contributed by atoms with E-state index in [1.165, 1.54) is 12.1 Å². The number of halogens is 2. The van der Waals surface area contributed by atoms with Gasteiger partial charge in [-0.1, -0.05) is 40.2 Å². The van der Waals surface area contributed by atoms with Crippen molar-refractivity contribution in [1.29, 1.82) is 5.26 Å². The van der Waals surface area contributed by atoms with Crippen molar-refractivity contribution in [2.45, 2.75) is 19.4 Å². The number of rotatable bonds is 10. The molecule has 0 saturated heterocycles. The summed E-state index contributed by atoms with van der Waals surface area (Å²) in [4.78, 5) is 12.4. The van der Waals surface area contributed by atoms with Crippen LogP contribution in [-0.4, -0.2) is 19.2 Å². The van der Waals surface area contributed by atoms with Crippen molar-refractivity contribution in [3.05, 3.63) is 123 Å². The van der Waals surface area contributed by atoms with Crippen LogP contribution in [0.1, 0.15) is 29.5 Å². The normalized spacial score (nSPS) is 13.8. The molecule has 1 aliphatic heterocycles. The maximum Gasteiger partial charge on any atom is 0.349 e. The lowest BCUT2D eigenvalue weighted by molar-refractivity contribution is -0.136. The highest BCUT2D eigenvalue weighted by Gasteiger charge is 2.32. The van der Waals surface area contributed by atoms with E-state index in [1.54, 1.807) is 66.7 Å². The van der Waals surface area contributed by atoms with Gasteiger partial charge in [-0.05, 0) is 72.6 Å². The number of ether oxygens (including phenoxy) is 5. The highest BCUT2D eigenvalue weighted by atomic mass is 79.9. The highest BCUT2D eigenvalue weighted by Crippen LogP contribution is 2.45. The Kier molecular flexibility index (Phi) is 9.13. The standard InChI is InChI=1S/C33H26BrFN2O6/c1-2-39-30-15-21(5-14-28(30)41-18-20-3-8-23(35)9-4-20)32-26-13-12-25(16-29(26)43-33(37)27(32)17-36)42-31(38)19-40-24-10-6-22(34)7-11-24/h3-16,32H,2,18-19,37H2,1H3. The van der Waals surface area contributed by atoms with Gasteiger partial charge in [0, 0.05) is 16.1 Å². The molecule has 4 aromatic carbocycles. The van der Waals surface area contributed by atoms with E-state index in [4.69, 9.17) is 29.4 Å². The molecule has 8 nitrogen and oxygen atoms in total. The number of carbonyl (C=O) groups excluding carboxylic acids is 1. The van der Waals surface area contributed by atoms with Gasteiger partial charge in [0.15, 0.2) is 18.1 Å². The molecule has 0 radical (unpaired) electrons. The van der Waals surface area contributed by atoms with E-state index in [-0.39, 0.29) is 36.2 Å². The molecule has 2 N–H and O–H groups in total. The van der Waals surface area contributed by atoms with Crippen molar-refractivity contribution in [2.24, 2.45) is 5.73 Å². The molecule has 10 heteroatoms. The molecule has 0 spiro atoms. The summed E-state index contributed by atoms with van der Waals surface area (Å²) in [5, 5.41) is 9.98. The molecular formula is C33H26BrFN2O6. The summed E-state index contributed by atoms with van der Waals surface area (Å²) in [5.41, 5.74) is 8.57. The highest BCUT2D eigenvalue weighted by molar-refractivity contribution is 9.10. The van der Waals surface area contributed by atoms with Gasteiger partial charge in [0.2, 0.25) is 5.88 Å². The molecule has 1 unspecified atom stereocenters. The molecule has 0 saturated carbocycles. The van der Waals surface area contributed by atoms with Crippen LogP contribution in [0.3, 0.4) is 0 Å². The van der Waals surface area contributed by atoms with Crippen LogP contribution >= 0.6 is 15.9 Å². The number of benzene rings is 4. The average molecular weight is 645 g/mol. The smallest absolute Gasteiger partial charge is 0.349 e. The van der Waals surface area contributed by atoms with Gasteiger partial charge in [-0.2, -0.15) is 5.26 Å². The Bertz CT molecular complexity index is 1700. The van der Waals surface area contributed by atoms with Gasteiger partial charge in [0.05, 0.1) is 12.5 Å². The summed E-state index contributed by atoms with van der Waals surface area (Å²) in [6.07, 6.45) is 0. The summed E-state index contributed by atoms with van der Waals surface area (Å²) in [5.74, 6) is 0.501. The van der Waals surface area contributed by atoms with E-state index < -0.39 is 11.9 Å². The number of hydrogen-bond acceptors (Lipinski definition) is 8. The van der Waals surface area contributed by atoms with Crippen molar-refractivity contribution in [3.8, 4) is 34.8 Å². The third kappa shape index (κ3) is 7.08. The summed E-state index contributed by atoms with van der Waals surface area (Å²) < 4.78 is 42.7. The third-order valence-electron chi connectivity index (χ3n) is 6.50. The first-order valence-electron chi connectivity index (χ1n) is 13.3. The van der Waals surface area contributed by atoms with Crippen LogP contribution in [0.4, 0.5) is 4.39 Å². The molecule has 0 bridgehead atoms. The van der Waals surface area contributed by atoms with Crippen molar-refractivity contribution in [1.82, 2.24) is 0 Å². The van der Waals surface area contributed by atoms with Crippen molar-refractivity contribution >= 4 is 21.9 Å². The van der Waals surface area contributed by atoms with Crippen molar-refractivity contribution in [3.63, 3.8) is 0 Å². The number of fused-ring (bicyclic) bond motifs is 1. The minimum absolute atomic E-state index is 0.0587. The van der Waals surface area contributed by atoms with E-state index in [9.17, 15) is 14.4 Å². The van der Waals surface area contributed by atoms with Gasteiger partial charge in [-0.25, -0.2) is 9.18 Å². The third-order valence-corrected chi connectivity index (χ3v) is 7.03. The van der Waals surface area contributed by atoms with Crippen LogP contribution in [0, 0.1) is 17.1 Å². The number of hydrogen-bond donors (Lipinski definition) is 1. The minimum Gasteiger partial charge on any atom is -0.490 e. The van der Waals surface area contributed by atoms with E-state index >= 15 is 0 Å². The Hall–Kier alpha value is -5.01. The van der Waals surface area contributed by atoms with Gasteiger partial charge >= 0.3 is 5.97 Å². The molecule has 43 heavy (non-hydrogen) atoms. The molecule has 4 aromatic rings. The largest absolute Gasteiger partial charge is 0.490 e. The van der Waals surface area contributed by atoms with Crippen LogP contribution < -0.4 is 29.4 Å². The SMILES string of the molecule is CCOc1cc(C2C(C#N)=C(N)Oc3cc(OC(=O)COc4ccc(Br)cc4)ccc32)ccc1OCc1ccc(F)cc1. The van der Waals surface area contributed by atoms with E-state index in [0.717, 1.165) is 10.0 Å². The van der Waals surface area contributed by atoms with E-state index in [1.807, 2.05) is 13.0 Å². The van der Waals surface area contributed by atoms with E-state index in [0.29, 0.717) is 40.7 Å². The predicted molar refractivity (Wildman–Crippen MR) is 159 cm³/mol. The molecule has 0 aromatic heterocycles. The lowest BCUT2D eigenvalue weighted by Gasteiger charge is -2.27. The molecule has 0 amide bonds. The fourth-order valence-corrected chi connectivity index (χ4v) is 4.77. The second kappa shape index (κ2) is 13.3. The van der Waals surface area contributed by atoms with Crippen LogP contribution in [0.15, 0.2) is 101 Å². The number of esters is 1. The zero-order valence-corrected chi connectivity index (χ0v) is 24.6. The van der Waals surface area contributed by atoms with Gasteiger partial charge in [0.1, 0.15) is 41.3 Å². The van der Waals surface area contributed by atoms with Crippen LogP contribution in [0.25, 0.3) is 0 Å². The number of carbonyl (C=O) groups is 1. The molecule has 1 aliphatic rings. The van der Waals surface area contributed by atoms with Gasteiger partial charge in [0.25, 0.3) is 0 Å². The average Bonchev–Trinajstić information content (AvgIpc) is 3.00. The molecule has 5 rings (SSSR count). The van der Waals surface area contributed by atoms with E-state index in [2.05, 4.69) is 22.0 Å². The number of nitrogens with two attached hydrogens (primary N) is 1. The van der Waals surface area contributed by atoms with Gasteiger partial charge in [-0.15, -0.1) is 0 Å². The first kappa shape index (κ1) is 29.5. The minimum atomic E-state index is -0.603. The van der Waals surface area contributed by atoms with Crippen LogP contribution in [-0.2, 0) is 11.4 Å². The lowest BCUT2D eigenvalue weighted by atomic mass is 9.83. The van der Waals surface area contributed by atoms with Gasteiger partial charge in [-0.3, -0.25) is 0 Å². The van der Waals surface area contributed by atoms with Gasteiger partial charge < -0.3 is 29.4 Å². The maximum absolute atomic E-state index is 13.3. The Morgan fingerprint density at radius 3 is 2.42 bits per heavy atom. The number of nitrogens with zero attached hydrogens (tertiary/aromatic N) is 1. The summed E-state index contributed by atoms with van der Waals surface area (Å²) in [7, 11) is 0. The van der Waals surface area contributed by atoms with Crippen molar-refractivity contribution < 1.29 is 32.9 Å². The predicted octanol–water partition coefficient (Wildman–Crippen LogP) is 6.77. The van der Waals surface area contributed by atoms with Crippen molar-refractivity contribution in [2.75, 3.05) is 13.2 Å². The molecule has 218 valence electrons. The first-order chi connectivity index (χ1) is 20.8. The fraction of sp³-hybridized carbons (Fsp3) is 0.152. The molecule has 0 aliphatic carbocycles. The summed E-state index contributed by atoms with van der Waals surface area (Å²) in [6.45, 7) is 2.15. The second-order valence-electron chi connectivity index (χ2n) is 9.40. The summed E-state index contributed by atoms with van der Waals surface area (Å²) >= 11 is 3.35. The monoisotopic (exact) mass is 644 g/mol.